The lowest BCUT2D eigenvalue weighted by atomic mass is 9.53. The summed E-state index contributed by atoms with van der Waals surface area (Å²) >= 11 is 0. The van der Waals surface area contributed by atoms with E-state index in [9.17, 15) is 19.5 Å². The van der Waals surface area contributed by atoms with Gasteiger partial charge in [0.15, 0.2) is 0 Å². The number of fused-ring (bicyclic) bond motifs is 2. The number of anilines is 1. The molecule has 0 radical (unpaired) electrons. The zero-order chi connectivity index (χ0) is 25.4. The number of carbonyl (C=O) groups is 3. The lowest BCUT2D eigenvalue weighted by Gasteiger charge is -2.46. The van der Waals surface area contributed by atoms with Crippen LogP contribution in [0.1, 0.15) is 48.8 Å². The maximum atomic E-state index is 14.6. The topological polar surface area (TPSA) is 83.9 Å². The van der Waals surface area contributed by atoms with Gasteiger partial charge in [-0.25, -0.2) is 9.69 Å². The number of allylic oxidation sites excluding steroid dienone is 1. The standard InChI is InChI=1S/C30H27NO5/c1-3-36-28(34)26-25(33)18-23(20-12-6-4-7-13-20)30(27(26)21-14-8-5-9-15-21)22-16-10-11-17-24(22)31(19(2)32)29(30)35/h4-17,23,27,33H,3,18H2,1-2H3. The van der Waals surface area contributed by atoms with Crippen LogP contribution in [0.15, 0.2) is 96.3 Å². The van der Waals surface area contributed by atoms with E-state index in [0.717, 1.165) is 5.56 Å². The summed E-state index contributed by atoms with van der Waals surface area (Å²) in [6, 6.07) is 26.0. The highest BCUT2D eigenvalue weighted by Gasteiger charge is 2.65. The van der Waals surface area contributed by atoms with Crippen LogP contribution in [-0.2, 0) is 24.5 Å². The van der Waals surface area contributed by atoms with Crippen LogP contribution in [-0.4, -0.2) is 29.5 Å². The number of para-hydroxylation sites is 1. The van der Waals surface area contributed by atoms with Gasteiger partial charge in [-0.3, -0.25) is 9.59 Å². The molecule has 3 unspecified atom stereocenters. The van der Waals surface area contributed by atoms with Crippen molar-refractivity contribution in [3.63, 3.8) is 0 Å². The molecule has 1 N–H and O–H groups in total. The highest BCUT2D eigenvalue weighted by molar-refractivity contribution is 6.23. The van der Waals surface area contributed by atoms with Crippen LogP contribution in [0.25, 0.3) is 0 Å². The minimum atomic E-state index is -1.36. The fourth-order valence-corrected chi connectivity index (χ4v) is 6.00. The number of benzene rings is 3. The molecule has 0 saturated heterocycles. The zero-order valence-electron chi connectivity index (χ0n) is 20.2. The van der Waals surface area contributed by atoms with Crippen molar-refractivity contribution in [2.24, 2.45) is 0 Å². The van der Waals surface area contributed by atoms with Crippen LogP contribution in [0.3, 0.4) is 0 Å². The monoisotopic (exact) mass is 481 g/mol. The molecule has 2 aliphatic rings. The Morgan fingerprint density at radius 1 is 0.944 bits per heavy atom. The average Bonchev–Trinajstić information content (AvgIpc) is 3.14. The van der Waals surface area contributed by atoms with E-state index in [-0.39, 0.29) is 24.4 Å². The predicted octanol–water partition coefficient (Wildman–Crippen LogP) is 5.16. The summed E-state index contributed by atoms with van der Waals surface area (Å²) in [6.07, 6.45) is 0.0489. The van der Waals surface area contributed by atoms with Gasteiger partial charge in [-0.15, -0.1) is 0 Å². The fourth-order valence-electron chi connectivity index (χ4n) is 6.00. The minimum Gasteiger partial charge on any atom is -0.512 e. The van der Waals surface area contributed by atoms with Crippen LogP contribution >= 0.6 is 0 Å². The molecule has 0 saturated carbocycles. The second-order valence-corrected chi connectivity index (χ2v) is 9.14. The van der Waals surface area contributed by atoms with Crippen molar-refractivity contribution >= 4 is 23.5 Å². The zero-order valence-corrected chi connectivity index (χ0v) is 20.2. The fraction of sp³-hybridized carbons (Fsp3) is 0.233. The van der Waals surface area contributed by atoms with Crippen LogP contribution in [0, 0.1) is 0 Å². The maximum absolute atomic E-state index is 14.6. The number of hydrogen-bond donors (Lipinski definition) is 1. The number of esters is 1. The molecule has 3 aromatic rings. The van der Waals surface area contributed by atoms with Crippen molar-refractivity contribution in [2.75, 3.05) is 11.5 Å². The van der Waals surface area contributed by atoms with Gasteiger partial charge in [0.2, 0.25) is 11.8 Å². The Kier molecular flexibility index (Phi) is 5.96. The molecule has 1 heterocycles. The van der Waals surface area contributed by atoms with Gasteiger partial charge < -0.3 is 9.84 Å². The van der Waals surface area contributed by atoms with E-state index >= 15 is 0 Å². The van der Waals surface area contributed by atoms with E-state index in [0.29, 0.717) is 16.8 Å². The molecular weight excluding hydrogens is 454 g/mol. The molecule has 2 amide bonds. The highest BCUT2D eigenvalue weighted by atomic mass is 16.5. The number of imide groups is 1. The molecule has 3 aromatic carbocycles. The number of nitrogens with zero attached hydrogens (tertiary/aromatic N) is 1. The van der Waals surface area contributed by atoms with Gasteiger partial charge in [-0.05, 0) is 29.7 Å². The number of hydrogen-bond acceptors (Lipinski definition) is 5. The van der Waals surface area contributed by atoms with E-state index in [1.165, 1.54) is 11.8 Å². The van der Waals surface area contributed by atoms with Gasteiger partial charge in [-0.2, -0.15) is 0 Å². The molecule has 1 aliphatic heterocycles. The first-order chi connectivity index (χ1) is 17.4. The molecule has 6 heteroatoms. The number of ether oxygens (including phenoxy) is 1. The Labute approximate surface area is 209 Å². The Morgan fingerprint density at radius 2 is 1.53 bits per heavy atom. The molecule has 0 aromatic heterocycles. The molecule has 1 spiro atoms. The Morgan fingerprint density at radius 3 is 2.14 bits per heavy atom. The smallest absolute Gasteiger partial charge is 0.338 e. The molecule has 0 fully saturated rings. The Balaban J connectivity index is 1.92. The molecular formula is C30H27NO5. The third-order valence-electron chi connectivity index (χ3n) is 7.29. The van der Waals surface area contributed by atoms with Crippen molar-refractivity contribution in [1.29, 1.82) is 0 Å². The van der Waals surface area contributed by atoms with Crippen molar-refractivity contribution in [2.45, 2.75) is 37.5 Å². The number of carbonyl (C=O) groups excluding carboxylic acids is 3. The number of rotatable bonds is 4. The number of amides is 2. The van der Waals surface area contributed by atoms with Crippen LogP contribution in [0.5, 0.6) is 0 Å². The quantitative estimate of drug-likeness (QED) is 0.520. The first-order valence-corrected chi connectivity index (χ1v) is 12.1. The van der Waals surface area contributed by atoms with E-state index in [4.69, 9.17) is 4.74 Å². The van der Waals surface area contributed by atoms with Crippen LogP contribution < -0.4 is 4.90 Å². The molecule has 3 atom stereocenters. The molecule has 0 bridgehead atoms. The summed E-state index contributed by atoms with van der Waals surface area (Å²) < 4.78 is 5.40. The van der Waals surface area contributed by atoms with Gasteiger partial charge in [0, 0.05) is 25.2 Å². The summed E-state index contributed by atoms with van der Waals surface area (Å²) in [5, 5.41) is 11.4. The van der Waals surface area contributed by atoms with Crippen LogP contribution in [0.2, 0.25) is 0 Å². The first kappa shape index (κ1) is 23.5. The summed E-state index contributed by atoms with van der Waals surface area (Å²) in [5.41, 5.74) is 1.37. The summed E-state index contributed by atoms with van der Waals surface area (Å²) in [4.78, 5) is 42.1. The first-order valence-electron chi connectivity index (χ1n) is 12.1. The minimum absolute atomic E-state index is 0.0489. The van der Waals surface area contributed by atoms with Crippen LogP contribution in [0.4, 0.5) is 5.69 Å². The van der Waals surface area contributed by atoms with Gasteiger partial charge in [0.1, 0.15) is 5.76 Å². The third-order valence-corrected chi connectivity index (χ3v) is 7.29. The van der Waals surface area contributed by atoms with E-state index < -0.39 is 35.0 Å². The molecule has 182 valence electrons. The molecule has 5 rings (SSSR count). The van der Waals surface area contributed by atoms with Crippen molar-refractivity contribution in [1.82, 2.24) is 0 Å². The van der Waals surface area contributed by atoms with Crippen molar-refractivity contribution in [3.8, 4) is 0 Å². The van der Waals surface area contributed by atoms with Gasteiger partial charge in [0.25, 0.3) is 0 Å². The largest absolute Gasteiger partial charge is 0.512 e. The summed E-state index contributed by atoms with van der Waals surface area (Å²) in [5.74, 6) is -3.00. The maximum Gasteiger partial charge on any atom is 0.338 e. The highest BCUT2D eigenvalue weighted by Crippen LogP contribution is 2.63. The third kappa shape index (κ3) is 3.36. The second-order valence-electron chi connectivity index (χ2n) is 9.14. The van der Waals surface area contributed by atoms with E-state index in [1.807, 2.05) is 72.8 Å². The van der Waals surface area contributed by atoms with Gasteiger partial charge >= 0.3 is 5.97 Å². The van der Waals surface area contributed by atoms with Crippen molar-refractivity contribution < 1.29 is 24.2 Å². The average molecular weight is 482 g/mol. The second kappa shape index (κ2) is 9.11. The van der Waals surface area contributed by atoms with E-state index in [2.05, 4.69) is 0 Å². The summed E-state index contributed by atoms with van der Waals surface area (Å²) in [7, 11) is 0. The Hall–Kier alpha value is -4.19. The SMILES string of the molecule is CCOC(=O)C1=C(O)CC(c2ccccc2)C2(C(=O)N(C(C)=O)c3ccccc32)C1c1ccccc1. The molecule has 1 aliphatic carbocycles. The van der Waals surface area contributed by atoms with Crippen molar-refractivity contribution in [3.05, 3.63) is 113 Å². The lowest BCUT2D eigenvalue weighted by Crippen LogP contribution is -2.53. The number of aliphatic hydroxyl groups is 1. The lowest BCUT2D eigenvalue weighted by molar-refractivity contribution is -0.139. The normalized spacial score (nSPS) is 23.1. The van der Waals surface area contributed by atoms with Gasteiger partial charge in [0.05, 0.1) is 23.3 Å². The van der Waals surface area contributed by atoms with Gasteiger partial charge in [-0.1, -0.05) is 78.9 Å². The Bertz CT molecular complexity index is 1360. The summed E-state index contributed by atoms with van der Waals surface area (Å²) in [6.45, 7) is 3.19. The number of aliphatic hydroxyl groups excluding tert-OH is 1. The molecule has 6 nitrogen and oxygen atoms in total. The molecule has 36 heavy (non-hydrogen) atoms. The van der Waals surface area contributed by atoms with E-state index in [1.54, 1.807) is 19.1 Å². The predicted molar refractivity (Wildman–Crippen MR) is 136 cm³/mol.